The van der Waals surface area contributed by atoms with Crippen molar-refractivity contribution >= 4 is 49.9 Å². The molecule has 0 N–H and O–H groups in total. The van der Waals surface area contributed by atoms with Crippen LogP contribution in [0.3, 0.4) is 0 Å². The van der Waals surface area contributed by atoms with E-state index in [9.17, 15) is 9.59 Å². The molecule has 3 aromatic carbocycles. The summed E-state index contributed by atoms with van der Waals surface area (Å²) in [6, 6.07) is 19.3. The molecule has 4 nitrogen and oxygen atoms in total. The van der Waals surface area contributed by atoms with Crippen LogP contribution in [0.2, 0.25) is 0 Å². The van der Waals surface area contributed by atoms with E-state index >= 15 is 0 Å². The van der Waals surface area contributed by atoms with Crippen LogP contribution in [0, 0.1) is 0 Å². The Hall–Kier alpha value is -2.66. The number of carbonyl (C=O) groups excluding carboxylic acids is 2. The summed E-state index contributed by atoms with van der Waals surface area (Å²) < 4.78 is 0.821. The average molecular weight is 395 g/mol. The monoisotopic (exact) mass is 394 g/mol. The number of fused-ring (bicyclic) bond motifs is 2. The van der Waals surface area contributed by atoms with E-state index in [1.165, 1.54) is 4.90 Å². The summed E-state index contributed by atoms with van der Waals surface area (Å²) in [5, 5.41) is 2.16. The lowest BCUT2D eigenvalue weighted by atomic mass is 10.1. The first-order valence-electron chi connectivity index (χ1n) is 7.91. The van der Waals surface area contributed by atoms with Crippen LogP contribution in [-0.4, -0.2) is 30.3 Å². The number of anilines is 2. The molecule has 1 heterocycles. The van der Waals surface area contributed by atoms with Crippen molar-refractivity contribution in [3.8, 4) is 0 Å². The Morgan fingerprint density at radius 1 is 0.920 bits per heavy atom. The van der Waals surface area contributed by atoms with Crippen molar-refractivity contribution in [2.45, 2.75) is 0 Å². The van der Waals surface area contributed by atoms with Crippen LogP contribution in [0.5, 0.6) is 0 Å². The van der Waals surface area contributed by atoms with Crippen molar-refractivity contribution in [1.29, 1.82) is 0 Å². The Morgan fingerprint density at radius 2 is 1.68 bits per heavy atom. The first-order valence-corrected chi connectivity index (χ1v) is 8.71. The van der Waals surface area contributed by atoms with E-state index in [0.29, 0.717) is 11.3 Å². The van der Waals surface area contributed by atoms with Gasteiger partial charge in [0.2, 0.25) is 0 Å². The minimum Gasteiger partial charge on any atom is -0.332 e. The van der Waals surface area contributed by atoms with Crippen molar-refractivity contribution in [3.63, 3.8) is 0 Å². The highest BCUT2D eigenvalue weighted by Gasteiger charge is 2.30. The normalized spacial score (nSPS) is 14.6. The Labute approximate surface area is 153 Å². The number of halogens is 1. The molecule has 0 saturated heterocycles. The zero-order chi connectivity index (χ0) is 17.6. The molecule has 4 rings (SSSR count). The molecule has 3 aromatic rings. The predicted molar refractivity (Wildman–Crippen MR) is 102 cm³/mol. The molecular formula is C20H15BrN2O2. The molecule has 0 bridgehead atoms. The number of likely N-dealkylation sites (N-methyl/N-ethyl adjacent to an activating group) is 1. The summed E-state index contributed by atoms with van der Waals surface area (Å²) in [5.41, 5.74) is 1.87. The molecule has 0 fully saturated rings. The number of amides is 2. The Bertz CT molecular complexity index is 1020. The number of carbonyl (C=O) groups is 2. The van der Waals surface area contributed by atoms with E-state index in [1.807, 2.05) is 54.6 Å². The third kappa shape index (κ3) is 2.70. The van der Waals surface area contributed by atoms with Gasteiger partial charge < -0.3 is 4.90 Å². The van der Waals surface area contributed by atoms with E-state index in [2.05, 4.69) is 15.9 Å². The SMILES string of the molecule is CN1CC(=O)N(c2ccc3ccccc3c2)c2cc(Br)ccc2C1=O. The molecular weight excluding hydrogens is 380 g/mol. The maximum atomic E-state index is 12.9. The Morgan fingerprint density at radius 3 is 2.48 bits per heavy atom. The van der Waals surface area contributed by atoms with Crippen LogP contribution in [0.25, 0.3) is 10.8 Å². The molecule has 5 heteroatoms. The van der Waals surface area contributed by atoms with Crippen LogP contribution < -0.4 is 4.90 Å². The molecule has 1 aliphatic rings. The number of benzene rings is 3. The van der Waals surface area contributed by atoms with Gasteiger partial charge in [0.15, 0.2) is 0 Å². The highest BCUT2D eigenvalue weighted by atomic mass is 79.9. The second-order valence-corrected chi connectivity index (χ2v) is 7.00. The fourth-order valence-electron chi connectivity index (χ4n) is 3.15. The second kappa shape index (κ2) is 6.01. The lowest BCUT2D eigenvalue weighted by Crippen LogP contribution is -2.34. The maximum absolute atomic E-state index is 12.9. The lowest BCUT2D eigenvalue weighted by molar-refractivity contribution is -0.118. The number of hydrogen-bond donors (Lipinski definition) is 0. The fourth-order valence-corrected chi connectivity index (χ4v) is 3.50. The topological polar surface area (TPSA) is 40.6 Å². The maximum Gasteiger partial charge on any atom is 0.256 e. The van der Waals surface area contributed by atoms with Gasteiger partial charge in [-0.25, -0.2) is 0 Å². The summed E-state index contributed by atoms with van der Waals surface area (Å²) in [4.78, 5) is 28.6. The lowest BCUT2D eigenvalue weighted by Gasteiger charge is -2.23. The first-order chi connectivity index (χ1) is 12.0. The molecule has 0 radical (unpaired) electrons. The van der Waals surface area contributed by atoms with Crippen molar-refractivity contribution in [2.24, 2.45) is 0 Å². The van der Waals surface area contributed by atoms with E-state index in [0.717, 1.165) is 20.9 Å². The summed E-state index contributed by atoms with van der Waals surface area (Å²) in [6.45, 7) is 0.0396. The predicted octanol–water partition coefficient (Wildman–Crippen LogP) is 4.35. The number of hydrogen-bond acceptors (Lipinski definition) is 2. The smallest absolute Gasteiger partial charge is 0.256 e. The zero-order valence-electron chi connectivity index (χ0n) is 13.6. The highest BCUT2D eigenvalue weighted by molar-refractivity contribution is 9.10. The third-order valence-electron chi connectivity index (χ3n) is 4.39. The quantitative estimate of drug-likeness (QED) is 0.615. The average Bonchev–Trinajstić information content (AvgIpc) is 2.69. The van der Waals surface area contributed by atoms with E-state index < -0.39 is 0 Å². The van der Waals surface area contributed by atoms with Crippen LogP contribution in [0.15, 0.2) is 65.1 Å². The van der Waals surface area contributed by atoms with Crippen molar-refractivity contribution < 1.29 is 9.59 Å². The van der Waals surface area contributed by atoms with Gasteiger partial charge in [0, 0.05) is 17.2 Å². The minimum atomic E-state index is -0.154. The summed E-state index contributed by atoms with van der Waals surface area (Å²) >= 11 is 3.45. The largest absolute Gasteiger partial charge is 0.332 e. The van der Waals surface area contributed by atoms with Gasteiger partial charge in [-0.2, -0.15) is 0 Å². The number of rotatable bonds is 1. The molecule has 0 aromatic heterocycles. The van der Waals surface area contributed by atoms with Gasteiger partial charge in [0.05, 0.1) is 11.3 Å². The van der Waals surface area contributed by atoms with Crippen molar-refractivity contribution in [1.82, 2.24) is 4.90 Å². The van der Waals surface area contributed by atoms with Gasteiger partial charge in [-0.15, -0.1) is 0 Å². The number of nitrogens with zero attached hydrogens (tertiary/aromatic N) is 2. The summed E-state index contributed by atoms with van der Waals surface area (Å²) in [7, 11) is 1.65. The van der Waals surface area contributed by atoms with Crippen LogP contribution in [0.1, 0.15) is 10.4 Å². The standard InChI is InChI=1S/C20H15BrN2O2/c1-22-12-19(24)23(18-11-15(21)7-9-17(18)20(22)25)16-8-6-13-4-2-3-5-14(13)10-16/h2-11H,12H2,1H3. The molecule has 1 aliphatic heterocycles. The summed E-state index contributed by atoms with van der Waals surface area (Å²) in [5.74, 6) is -0.290. The molecule has 25 heavy (non-hydrogen) atoms. The highest BCUT2D eigenvalue weighted by Crippen LogP contribution is 2.35. The molecule has 0 saturated carbocycles. The van der Waals surface area contributed by atoms with Crippen LogP contribution in [0.4, 0.5) is 11.4 Å². The van der Waals surface area contributed by atoms with Gasteiger partial charge in [-0.3, -0.25) is 14.5 Å². The first kappa shape index (κ1) is 15.8. The van der Waals surface area contributed by atoms with E-state index in [1.54, 1.807) is 18.0 Å². The molecule has 0 unspecified atom stereocenters. The van der Waals surface area contributed by atoms with Gasteiger partial charge in [0.1, 0.15) is 6.54 Å². The Kier molecular flexibility index (Phi) is 3.81. The second-order valence-electron chi connectivity index (χ2n) is 6.08. The summed E-state index contributed by atoms with van der Waals surface area (Å²) in [6.07, 6.45) is 0. The van der Waals surface area contributed by atoms with E-state index in [4.69, 9.17) is 0 Å². The molecule has 0 atom stereocenters. The van der Waals surface area contributed by atoms with Crippen molar-refractivity contribution in [2.75, 3.05) is 18.5 Å². The fraction of sp³-hybridized carbons (Fsp3) is 0.100. The molecule has 2 amide bonds. The molecule has 124 valence electrons. The molecule has 0 aliphatic carbocycles. The van der Waals surface area contributed by atoms with Gasteiger partial charge in [-0.05, 0) is 41.1 Å². The van der Waals surface area contributed by atoms with Gasteiger partial charge >= 0.3 is 0 Å². The van der Waals surface area contributed by atoms with Gasteiger partial charge in [-0.1, -0.05) is 46.3 Å². The minimum absolute atomic E-state index is 0.0396. The molecule has 0 spiro atoms. The van der Waals surface area contributed by atoms with Gasteiger partial charge in [0.25, 0.3) is 11.8 Å². The van der Waals surface area contributed by atoms with E-state index in [-0.39, 0.29) is 18.4 Å². The zero-order valence-corrected chi connectivity index (χ0v) is 15.2. The Balaban J connectivity index is 1.95. The van der Waals surface area contributed by atoms with Crippen LogP contribution >= 0.6 is 15.9 Å². The van der Waals surface area contributed by atoms with Crippen LogP contribution in [-0.2, 0) is 4.79 Å². The van der Waals surface area contributed by atoms with Crippen molar-refractivity contribution in [3.05, 3.63) is 70.7 Å². The third-order valence-corrected chi connectivity index (χ3v) is 4.88.